The fourth-order valence-electron chi connectivity index (χ4n) is 1.84. The molecule has 22 heavy (non-hydrogen) atoms. The Kier molecular flexibility index (Phi) is 3.95. The van der Waals surface area contributed by atoms with Crippen molar-refractivity contribution >= 4 is 5.69 Å². The summed E-state index contributed by atoms with van der Waals surface area (Å²) in [6.45, 7) is 0. The van der Waals surface area contributed by atoms with Crippen molar-refractivity contribution in [2.24, 2.45) is 0 Å². The number of alkyl halides is 6. The van der Waals surface area contributed by atoms with Gasteiger partial charge in [0, 0.05) is 17.3 Å². The summed E-state index contributed by atoms with van der Waals surface area (Å²) in [5.74, 6) is -0.499. The molecule has 0 aliphatic rings. The molecule has 2 aromatic rings. The zero-order valence-corrected chi connectivity index (χ0v) is 10.8. The summed E-state index contributed by atoms with van der Waals surface area (Å²) >= 11 is 0. The van der Waals surface area contributed by atoms with Gasteiger partial charge < -0.3 is 10.5 Å². The first kappa shape index (κ1) is 16.0. The summed E-state index contributed by atoms with van der Waals surface area (Å²) in [7, 11) is 0. The number of hydrogen-bond donors (Lipinski definition) is 1. The van der Waals surface area contributed by atoms with E-state index in [4.69, 9.17) is 5.73 Å². The van der Waals surface area contributed by atoms with Crippen LogP contribution >= 0.6 is 0 Å². The molecule has 0 aliphatic heterocycles. The molecular weight excluding hydrogens is 312 g/mol. The van der Waals surface area contributed by atoms with E-state index in [-0.39, 0.29) is 5.69 Å². The third-order valence-electron chi connectivity index (χ3n) is 2.78. The second-order valence-corrected chi connectivity index (χ2v) is 4.37. The molecule has 0 aliphatic carbocycles. The first-order valence-electron chi connectivity index (χ1n) is 5.89. The first-order chi connectivity index (χ1) is 10.1. The van der Waals surface area contributed by atoms with Gasteiger partial charge in [0.1, 0.15) is 5.75 Å². The van der Waals surface area contributed by atoms with Crippen LogP contribution in [0.4, 0.5) is 32.0 Å². The van der Waals surface area contributed by atoms with Gasteiger partial charge in [0.2, 0.25) is 0 Å². The van der Waals surface area contributed by atoms with E-state index in [1.807, 2.05) is 0 Å². The van der Waals surface area contributed by atoms with Crippen molar-refractivity contribution in [3.05, 3.63) is 48.0 Å². The Hall–Kier alpha value is -2.38. The third-order valence-corrected chi connectivity index (χ3v) is 2.78. The Morgan fingerprint density at radius 1 is 0.818 bits per heavy atom. The Balaban J connectivity index is 2.30. The molecule has 0 aromatic heterocycles. The van der Waals surface area contributed by atoms with Gasteiger partial charge >= 0.3 is 12.5 Å². The van der Waals surface area contributed by atoms with Crippen molar-refractivity contribution in [1.29, 1.82) is 0 Å². The van der Waals surface area contributed by atoms with Gasteiger partial charge in [-0.2, -0.15) is 13.2 Å². The quantitative estimate of drug-likeness (QED) is 0.634. The van der Waals surface area contributed by atoms with E-state index in [0.717, 1.165) is 24.3 Å². The second kappa shape index (κ2) is 5.43. The van der Waals surface area contributed by atoms with Crippen LogP contribution in [0, 0.1) is 0 Å². The number of hydrogen-bond acceptors (Lipinski definition) is 2. The van der Waals surface area contributed by atoms with Crippen LogP contribution < -0.4 is 10.5 Å². The van der Waals surface area contributed by atoms with Gasteiger partial charge in [0.05, 0.1) is 5.56 Å². The number of benzene rings is 2. The van der Waals surface area contributed by atoms with Crippen LogP contribution in [0.25, 0.3) is 11.1 Å². The Bertz CT molecular complexity index is 661. The number of nitrogens with two attached hydrogens (primary N) is 1. The summed E-state index contributed by atoms with van der Waals surface area (Å²) in [6.07, 6.45) is -9.31. The van der Waals surface area contributed by atoms with Crippen molar-refractivity contribution in [3.63, 3.8) is 0 Å². The topological polar surface area (TPSA) is 35.2 Å². The molecule has 0 heterocycles. The molecule has 2 N–H and O–H groups in total. The summed E-state index contributed by atoms with van der Waals surface area (Å²) in [6, 6.07) is 7.37. The van der Waals surface area contributed by atoms with Gasteiger partial charge in [-0.1, -0.05) is 12.1 Å². The smallest absolute Gasteiger partial charge is 0.406 e. The minimum atomic E-state index is -4.84. The zero-order valence-electron chi connectivity index (χ0n) is 10.8. The number of ether oxygens (including phenoxy) is 1. The molecule has 118 valence electrons. The van der Waals surface area contributed by atoms with E-state index >= 15 is 0 Å². The number of rotatable bonds is 2. The molecule has 0 saturated heterocycles. The van der Waals surface area contributed by atoms with Gasteiger partial charge in [-0.05, 0) is 29.8 Å². The second-order valence-electron chi connectivity index (χ2n) is 4.37. The fraction of sp³-hybridized carbons (Fsp3) is 0.143. The number of nitrogen functional groups attached to an aromatic ring is 1. The minimum absolute atomic E-state index is 0.0403. The predicted octanol–water partition coefficient (Wildman–Crippen LogP) is 4.85. The van der Waals surface area contributed by atoms with Crippen LogP contribution in [-0.4, -0.2) is 6.36 Å². The average molecular weight is 321 g/mol. The lowest BCUT2D eigenvalue weighted by atomic mass is 10.0. The minimum Gasteiger partial charge on any atom is -0.406 e. The van der Waals surface area contributed by atoms with Gasteiger partial charge in [0.25, 0.3) is 0 Å². The van der Waals surface area contributed by atoms with Crippen molar-refractivity contribution in [2.75, 3.05) is 5.73 Å². The summed E-state index contributed by atoms with van der Waals surface area (Å²) < 4.78 is 77.3. The fourth-order valence-corrected chi connectivity index (χ4v) is 1.84. The molecule has 2 nitrogen and oxygen atoms in total. The first-order valence-corrected chi connectivity index (χ1v) is 5.89. The van der Waals surface area contributed by atoms with Crippen LogP contribution in [0.3, 0.4) is 0 Å². The number of anilines is 1. The molecule has 2 aromatic carbocycles. The lowest BCUT2D eigenvalue weighted by molar-refractivity contribution is -0.274. The van der Waals surface area contributed by atoms with Crippen molar-refractivity contribution in [3.8, 4) is 16.9 Å². The van der Waals surface area contributed by atoms with E-state index in [9.17, 15) is 26.3 Å². The molecule has 0 unspecified atom stereocenters. The van der Waals surface area contributed by atoms with Crippen LogP contribution in [0.2, 0.25) is 0 Å². The highest BCUT2D eigenvalue weighted by atomic mass is 19.4. The van der Waals surface area contributed by atoms with Crippen LogP contribution in [0.15, 0.2) is 42.5 Å². The Morgan fingerprint density at radius 2 is 1.41 bits per heavy atom. The zero-order chi connectivity index (χ0) is 16.5. The highest BCUT2D eigenvalue weighted by Crippen LogP contribution is 2.34. The third kappa shape index (κ3) is 3.84. The highest BCUT2D eigenvalue weighted by Gasteiger charge is 2.31. The van der Waals surface area contributed by atoms with Crippen molar-refractivity contribution < 1.29 is 31.1 Å². The van der Waals surface area contributed by atoms with Crippen molar-refractivity contribution in [2.45, 2.75) is 12.5 Å². The molecule has 0 atom stereocenters. The van der Waals surface area contributed by atoms with E-state index in [1.165, 1.54) is 18.2 Å². The van der Waals surface area contributed by atoms with Crippen LogP contribution in [0.5, 0.6) is 5.75 Å². The summed E-state index contributed by atoms with van der Waals surface area (Å²) in [5, 5.41) is 0. The average Bonchev–Trinajstić information content (AvgIpc) is 2.36. The standard InChI is InChI=1S/C14H9F6NO/c15-13(16,17)9-3-1-8(2-4-9)11-6-5-10(7-12(11)21)22-14(18,19)20/h1-7H,21H2. The van der Waals surface area contributed by atoms with Gasteiger partial charge in [-0.3, -0.25) is 0 Å². The molecule has 0 spiro atoms. The molecule has 0 amide bonds. The summed E-state index contributed by atoms with van der Waals surface area (Å²) in [4.78, 5) is 0. The lowest BCUT2D eigenvalue weighted by Crippen LogP contribution is -2.17. The molecule has 8 heteroatoms. The maximum absolute atomic E-state index is 12.5. The van der Waals surface area contributed by atoms with Gasteiger partial charge in [-0.25, -0.2) is 0 Å². The maximum atomic E-state index is 12.5. The van der Waals surface area contributed by atoms with Crippen molar-refractivity contribution in [1.82, 2.24) is 0 Å². The molecular formula is C14H9F6NO. The van der Waals surface area contributed by atoms with Crippen LogP contribution in [-0.2, 0) is 6.18 Å². The Labute approximate surface area is 121 Å². The molecule has 0 saturated carbocycles. The van der Waals surface area contributed by atoms with E-state index in [2.05, 4.69) is 4.74 Å². The molecule has 0 radical (unpaired) electrons. The normalized spacial score (nSPS) is 12.3. The molecule has 0 bridgehead atoms. The number of halogens is 6. The highest BCUT2D eigenvalue weighted by molar-refractivity contribution is 5.77. The summed E-state index contributed by atoms with van der Waals surface area (Å²) in [5.41, 5.74) is 5.42. The van der Waals surface area contributed by atoms with Gasteiger partial charge in [-0.15, -0.1) is 13.2 Å². The Morgan fingerprint density at radius 3 is 1.86 bits per heavy atom. The van der Waals surface area contributed by atoms with Crippen LogP contribution in [0.1, 0.15) is 5.56 Å². The van der Waals surface area contributed by atoms with E-state index in [0.29, 0.717) is 11.1 Å². The maximum Gasteiger partial charge on any atom is 0.573 e. The van der Waals surface area contributed by atoms with Gasteiger partial charge in [0.15, 0.2) is 0 Å². The largest absolute Gasteiger partial charge is 0.573 e. The SMILES string of the molecule is Nc1cc(OC(F)(F)F)ccc1-c1ccc(C(F)(F)F)cc1. The predicted molar refractivity (Wildman–Crippen MR) is 68.0 cm³/mol. The molecule has 0 fully saturated rings. The lowest BCUT2D eigenvalue weighted by Gasteiger charge is -2.12. The van der Waals surface area contributed by atoms with E-state index < -0.39 is 23.9 Å². The monoisotopic (exact) mass is 321 g/mol. The van der Waals surface area contributed by atoms with E-state index in [1.54, 1.807) is 0 Å². The molecule has 2 rings (SSSR count).